The number of ether oxygens (including phenoxy) is 2. The first kappa shape index (κ1) is 24.3. The van der Waals surface area contributed by atoms with Crippen LogP contribution in [0.1, 0.15) is 30.5 Å². The zero-order valence-electron chi connectivity index (χ0n) is 19.3. The molecule has 2 aromatic rings. The number of nitrogens with zero attached hydrogens (tertiary/aromatic N) is 1. The Labute approximate surface area is 204 Å². The van der Waals surface area contributed by atoms with E-state index in [2.05, 4.69) is 0 Å². The molecule has 0 saturated carbocycles. The van der Waals surface area contributed by atoms with Crippen LogP contribution in [0.25, 0.3) is 5.76 Å². The van der Waals surface area contributed by atoms with E-state index >= 15 is 0 Å². The van der Waals surface area contributed by atoms with E-state index in [0.29, 0.717) is 49.2 Å². The smallest absolute Gasteiger partial charge is 0.295 e. The number of aliphatic hydroxyl groups is 1. The van der Waals surface area contributed by atoms with E-state index < -0.39 is 17.7 Å². The van der Waals surface area contributed by atoms with Crippen LogP contribution in [0.2, 0.25) is 5.02 Å². The van der Waals surface area contributed by atoms with Gasteiger partial charge in [-0.25, -0.2) is 0 Å². The number of amides is 1. The Morgan fingerprint density at radius 2 is 1.79 bits per heavy atom. The van der Waals surface area contributed by atoms with Gasteiger partial charge in [-0.1, -0.05) is 30.7 Å². The highest BCUT2D eigenvalue weighted by Gasteiger charge is 2.46. The van der Waals surface area contributed by atoms with Crippen molar-refractivity contribution in [3.63, 3.8) is 0 Å². The number of halogens is 1. The maximum Gasteiger partial charge on any atom is 0.295 e. The molecule has 2 aliphatic rings. The number of benzene rings is 2. The predicted molar refractivity (Wildman–Crippen MR) is 129 cm³/mol. The molecule has 1 atom stereocenters. The number of hydrogen-bond donors (Lipinski definition) is 2. The van der Waals surface area contributed by atoms with Gasteiger partial charge in [0, 0.05) is 10.6 Å². The van der Waals surface area contributed by atoms with Crippen molar-refractivity contribution < 1.29 is 29.1 Å². The standard InChI is InChI=1S/C26H29ClN2O5/c1-2-15-34-21-9-5-19(6-10-21)24(30)22-23(18-3-7-20(27)8-4-18)29(26(32)25(22)31)12-11-28-13-16-33-17-14-28/h3-10,23,30H,2,11-17H2,1H3/p+1/t23-/m1/s1. The first-order valence-corrected chi connectivity index (χ1v) is 12.1. The summed E-state index contributed by atoms with van der Waals surface area (Å²) in [6.45, 7) is 6.82. The molecule has 0 spiro atoms. The van der Waals surface area contributed by atoms with Crippen LogP contribution in [-0.4, -0.2) is 67.7 Å². The monoisotopic (exact) mass is 485 g/mol. The molecule has 2 fully saturated rings. The van der Waals surface area contributed by atoms with Gasteiger partial charge in [0.15, 0.2) is 0 Å². The molecule has 1 amide bonds. The molecule has 0 aromatic heterocycles. The number of carbonyl (C=O) groups is 2. The summed E-state index contributed by atoms with van der Waals surface area (Å²) in [6.07, 6.45) is 0.887. The van der Waals surface area contributed by atoms with Gasteiger partial charge in [-0.2, -0.15) is 0 Å². The van der Waals surface area contributed by atoms with E-state index in [4.69, 9.17) is 21.1 Å². The number of hydrogen-bond acceptors (Lipinski definition) is 5. The molecule has 7 nitrogen and oxygen atoms in total. The average Bonchev–Trinajstić information content (AvgIpc) is 3.12. The molecule has 2 aromatic carbocycles. The molecule has 0 unspecified atom stereocenters. The molecule has 2 N–H and O–H groups in total. The summed E-state index contributed by atoms with van der Waals surface area (Å²) in [5.74, 6) is -0.791. The van der Waals surface area contributed by atoms with E-state index in [1.165, 1.54) is 4.90 Å². The molecule has 8 heteroatoms. The minimum absolute atomic E-state index is 0.0894. The fraction of sp³-hybridized carbons (Fsp3) is 0.385. The number of Topliss-reactive ketones (excluding diaryl/α,β-unsaturated/α-hetero) is 1. The van der Waals surface area contributed by atoms with Crippen LogP contribution in [-0.2, 0) is 14.3 Å². The molecular weight excluding hydrogens is 456 g/mol. The summed E-state index contributed by atoms with van der Waals surface area (Å²) in [6, 6.07) is 13.3. The lowest BCUT2D eigenvalue weighted by Gasteiger charge is -2.29. The highest BCUT2D eigenvalue weighted by Crippen LogP contribution is 2.39. The minimum Gasteiger partial charge on any atom is -0.507 e. The highest BCUT2D eigenvalue weighted by molar-refractivity contribution is 6.46. The lowest BCUT2D eigenvalue weighted by Crippen LogP contribution is -3.14. The van der Waals surface area contributed by atoms with Crippen molar-refractivity contribution >= 4 is 29.1 Å². The van der Waals surface area contributed by atoms with Crippen molar-refractivity contribution in [2.75, 3.05) is 46.0 Å². The second-order valence-corrected chi connectivity index (χ2v) is 8.97. The Bertz CT molecular complexity index is 1050. The molecule has 0 aliphatic carbocycles. The van der Waals surface area contributed by atoms with E-state index in [1.54, 1.807) is 53.4 Å². The molecule has 34 heavy (non-hydrogen) atoms. The zero-order valence-corrected chi connectivity index (χ0v) is 20.0. The molecule has 2 saturated heterocycles. The van der Waals surface area contributed by atoms with E-state index in [-0.39, 0.29) is 11.3 Å². The summed E-state index contributed by atoms with van der Waals surface area (Å²) in [5.41, 5.74) is 1.27. The Kier molecular flexibility index (Phi) is 7.88. The van der Waals surface area contributed by atoms with Crippen LogP contribution in [0, 0.1) is 0 Å². The molecule has 2 aliphatic heterocycles. The van der Waals surface area contributed by atoms with Crippen LogP contribution in [0.3, 0.4) is 0 Å². The summed E-state index contributed by atoms with van der Waals surface area (Å²) in [5, 5.41) is 11.7. The molecular formula is C26H30ClN2O5+. The number of aliphatic hydroxyl groups excluding tert-OH is 1. The van der Waals surface area contributed by atoms with Crippen LogP contribution in [0.15, 0.2) is 54.1 Å². The van der Waals surface area contributed by atoms with Crippen molar-refractivity contribution in [1.82, 2.24) is 4.90 Å². The predicted octanol–water partition coefficient (Wildman–Crippen LogP) is 2.47. The number of morpholine rings is 1. The largest absolute Gasteiger partial charge is 0.507 e. The summed E-state index contributed by atoms with van der Waals surface area (Å²) < 4.78 is 11.0. The minimum atomic E-state index is -0.686. The number of rotatable bonds is 8. The van der Waals surface area contributed by atoms with Crippen molar-refractivity contribution in [3.05, 3.63) is 70.3 Å². The van der Waals surface area contributed by atoms with Gasteiger partial charge in [-0.3, -0.25) is 9.59 Å². The van der Waals surface area contributed by atoms with Crippen LogP contribution < -0.4 is 9.64 Å². The van der Waals surface area contributed by atoms with Gasteiger partial charge in [0.2, 0.25) is 0 Å². The van der Waals surface area contributed by atoms with Gasteiger partial charge in [0.05, 0.1) is 44.5 Å². The Morgan fingerprint density at radius 3 is 2.44 bits per heavy atom. The number of carbonyl (C=O) groups excluding carboxylic acids is 2. The first-order chi connectivity index (χ1) is 16.5. The topological polar surface area (TPSA) is 80.5 Å². The number of nitrogens with one attached hydrogen (secondary N) is 1. The second-order valence-electron chi connectivity index (χ2n) is 8.53. The van der Waals surface area contributed by atoms with E-state index in [1.807, 2.05) is 6.92 Å². The maximum absolute atomic E-state index is 13.2. The third-order valence-electron chi connectivity index (χ3n) is 6.23. The van der Waals surface area contributed by atoms with Crippen molar-refractivity contribution in [3.8, 4) is 5.75 Å². The number of quaternary nitrogens is 1. The lowest BCUT2D eigenvalue weighted by molar-refractivity contribution is -0.907. The van der Waals surface area contributed by atoms with Gasteiger partial charge >= 0.3 is 0 Å². The first-order valence-electron chi connectivity index (χ1n) is 11.7. The van der Waals surface area contributed by atoms with Crippen LogP contribution in [0.5, 0.6) is 5.75 Å². The SMILES string of the molecule is CCCOc1ccc(C(O)=C2C(=O)C(=O)N(CC[NH+]3CCOCC3)[C@@H]2c2ccc(Cl)cc2)cc1. The Hall–Kier alpha value is -2.87. The third-order valence-corrected chi connectivity index (χ3v) is 6.48. The van der Waals surface area contributed by atoms with Gasteiger partial charge in [0.1, 0.15) is 24.6 Å². The van der Waals surface area contributed by atoms with Gasteiger partial charge in [-0.15, -0.1) is 0 Å². The quantitative estimate of drug-likeness (QED) is 0.341. The Balaban J connectivity index is 1.67. The van der Waals surface area contributed by atoms with Crippen LogP contribution in [0.4, 0.5) is 0 Å². The van der Waals surface area contributed by atoms with Gasteiger partial charge in [-0.05, 0) is 48.4 Å². The number of likely N-dealkylation sites (tertiary alicyclic amines) is 1. The zero-order chi connectivity index (χ0) is 24.1. The molecule has 180 valence electrons. The normalized spacial score (nSPS) is 20.6. The molecule has 0 bridgehead atoms. The lowest BCUT2D eigenvalue weighted by atomic mass is 9.95. The third kappa shape index (κ3) is 5.27. The van der Waals surface area contributed by atoms with Gasteiger partial charge in [0.25, 0.3) is 11.7 Å². The number of ketones is 1. The molecule has 4 rings (SSSR count). The molecule has 2 heterocycles. The van der Waals surface area contributed by atoms with Gasteiger partial charge < -0.3 is 24.4 Å². The van der Waals surface area contributed by atoms with E-state index in [9.17, 15) is 14.7 Å². The second kappa shape index (κ2) is 11.0. The average molecular weight is 486 g/mol. The van der Waals surface area contributed by atoms with E-state index in [0.717, 1.165) is 25.1 Å². The summed E-state index contributed by atoms with van der Waals surface area (Å²) in [4.78, 5) is 29.1. The van der Waals surface area contributed by atoms with Crippen molar-refractivity contribution in [1.29, 1.82) is 0 Å². The fourth-order valence-corrected chi connectivity index (χ4v) is 4.50. The van der Waals surface area contributed by atoms with Crippen molar-refractivity contribution in [2.45, 2.75) is 19.4 Å². The van der Waals surface area contributed by atoms with Crippen molar-refractivity contribution in [2.24, 2.45) is 0 Å². The Morgan fingerprint density at radius 1 is 1.12 bits per heavy atom. The highest BCUT2D eigenvalue weighted by atomic mass is 35.5. The molecule has 0 radical (unpaired) electrons. The summed E-state index contributed by atoms with van der Waals surface area (Å²) >= 11 is 6.08. The summed E-state index contributed by atoms with van der Waals surface area (Å²) in [7, 11) is 0. The maximum atomic E-state index is 13.2. The van der Waals surface area contributed by atoms with Crippen LogP contribution >= 0.6 is 11.6 Å². The fourth-order valence-electron chi connectivity index (χ4n) is 4.38.